The summed E-state index contributed by atoms with van der Waals surface area (Å²) in [4.78, 5) is 3.70. The first-order chi connectivity index (χ1) is 10.2. The van der Waals surface area contributed by atoms with E-state index in [-0.39, 0.29) is 0 Å². The van der Waals surface area contributed by atoms with Gasteiger partial charge in [-0.05, 0) is 25.7 Å². The van der Waals surface area contributed by atoms with E-state index in [2.05, 4.69) is 38.1 Å². The quantitative estimate of drug-likeness (QED) is 0.816. The van der Waals surface area contributed by atoms with Crippen molar-refractivity contribution >= 4 is 0 Å². The molecule has 1 aromatic carbocycles. The second kappa shape index (κ2) is 6.93. The van der Waals surface area contributed by atoms with Gasteiger partial charge in [0.2, 0.25) is 0 Å². The van der Waals surface area contributed by atoms with E-state index >= 15 is 0 Å². The molecule has 2 nitrogen and oxygen atoms in total. The minimum atomic E-state index is 0.967. The molecule has 116 valence electrons. The Morgan fingerprint density at radius 2 is 1.71 bits per heavy atom. The molecule has 0 spiro atoms. The summed E-state index contributed by atoms with van der Waals surface area (Å²) in [7, 11) is 0. The second-order valence-corrected chi connectivity index (χ2v) is 7.54. The number of hydrogen-bond acceptors (Lipinski definition) is 0. The lowest BCUT2D eigenvalue weighted by atomic mass is 9.86. The van der Waals surface area contributed by atoms with Gasteiger partial charge < -0.3 is 9.80 Å². The van der Waals surface area contributed by atoms with Crippen molar-refractivity contribution in [3.63, 3.8) is 0 Å². The van der Waals surface area contributed by atoms with Gasteiger partial charge in [-0.1, -0.05) is 43.2 Å². The molecule has 1 saturated heterocycles. The van der Waals surface area contributed by atoms with E-state index in [1.165, 1.54) is 69.5 Å². The lowest BCUT2D eigenvalue weighted by Gasteiger charge is -2.37. The van der Waals surface area contributed by atoms with E-state index in [1.54, 1.807) is 4.90 Å². The average molecular weight is 288 g/mol. The summed E-state index contributed by atoms with van der Waals surface area (Å²) >= 11 is 0. The van der Waals surface area contributed by atoms with Crippen LogP contribution in [0.2, 0.25) is 0 Å². The molecule has 1 heterocycles. The molecule has 1 aromatic rings. The number of hydrogen-bond donors (Lipinski definition) is 2. The SMILES string of the molecule is Cc1ccc(C[NH+]2CC[NH+]([C@@H]3CCC[C@H](C)C3)CC2)cc1. The van der Waals surface area contributed by atoms with Crippen molar-refractivity contribution in [2.24, 2.45) is 5.92 Å². The van der Waals surface area contributed by atoms with E-state index in [0.29, 0.717) is 0 Å². The summed E-state index contributed by atoms with van der Waals surface area (Å²) in [5.74, 6) is 0.967. The largest absolute Gasteiger partial charge is 0.323 e. The van der Waals surface area contributed by atoms with Crippen molar-refractivity contribution in [2.45, 2.75) is 52.1 Å². The van der Waals surface area contributed by atoms with Crippen molar-refractivity contribution in [1.82, 2.24) is 0 Å². The van der Waals surface area contributed by atoms with Crippen LogP contribution in [0.25, 0.3) is 0 Å². The Labute approximate surface area is 130 Å². The highest BCUT2D eigenvalue weighted by Crippen LogP contribution is 2.21. The summed E-state index contributed by atoms with van der Waals surface area (Å²) in [6.07, 6.45) is 5.89. The van der Waals surface area contributed by atoms with Crippen LogP contribution >= 0.6 is 0 Å². The van der Waals surface area contributed by atoms with E-state index in [0.717, 1.165) is 12.0 Å². The highest BCUT2D eigenvalue weighted by Gasteiger charge is 2.32. The molecule has 0 radical (unpaired) electrons. The van der Waals surface area contributed by atoms with Gasteiger partial charge in [-0.3, -0.25) is 0 Å². The molecule has 0 bridgehead atoms. The van der Waals surface area contributed by atoms with Gasteiger partial charge >= 0.3 is 0 Å². The van der Waals surface area contributed by atoms with Gasteiger partial charge in [-0.2, -0.15) is 0 Å². The molecule has 1 saturated carbocycles. The second-order valence-electron chi connectivity index (χ2n) is 7.54. The average Bonchev–Trinajstić information content (AvgIpc) is 2.50. The van der Waals surface area contributed by atoms with Crippen LogP contribution in [0.3, 0.4) is 0 Å². The molecule has 2 N–H and O–H groups in total. The van der Waals surface area contributed by atoms with Crippen LogP contribution in [0.4, 0.5) is 0 Å². The Hall–Kier alpha value is -0.860. The number of aryl methyl sites for hydroxylation is 1. The van der Waals surface area contributed by atoms with Crippen molar-refractivity contribution in [3.8, 4) is 0 Å². The zero-order valence-electron chi connectivity index (χ0n) is 13.8. The summed E-state index contributed by atoms with van der Waals surface area (Å²) in [5, 5.41) is 0. The van der Waals surface area contributed by atoms with E-state index in [4.69, 9.17) is 0 Å². The first-order valence-electron chi connectivity index (χ1n) is 8.94. The highest BCUT2D eigenvalue weighted by atomic mass is 15.3. The van der Waals surface area contributed by atoms with Gasteiger partial charge in [-0.25, -0.2) is 0 Å². The maximum absolute atomic E-state index is 2.45. The van der Waals surface area contributed by atoms with Crippen LogP contribution in [-0.4, -0.2) is 32.2 Å². The number of piperazine rings is 1. The number of benzene rings is 1. The minimum absolute atomic E-state index is 0.967. The molecule has 0 unspecified atom stereocenters. The predicted octanol–water partition coefficient (Wildman–Crippen LogP) is 0.857. The molecule has 1 aliphatic carbocycles. The molecule has 2 heteroatoms. The van der Waals surface area contributed by atoms with Crippen LogP contribution in [0.5, 0.6) is 0 Å². The third kappa shape index (κ3) is 4.08. The molecule has 2 aliphatic rings. The monoisotopic (exact) mass is 288 g/mol. The van der Waals surface area contributed by atoms with Gasteiger partial charge in [0.05, 0.1) is 6.04 Å². The van der Waals surface area contributed by atoms with Crippen molar-refractivity contribution in [2.75, 3.05) is 26.2 Å². The van der Waals surface area contributed by atoms with Crippen molar-refractivity contribution in [1.29, 1.82) is 0 Å². The van der Waals surface area contributed by atoms with Crippen LogP contribution in [0.1, 0.15) is 43.7 Å². The Morgan fingerprint density at radius 3 is 2.38 bits per heavy atom. The molecule has 0 aromatic heterocycles. The van der Waals surface area contributed by atoms with E-state index in [1.807, 2.05) is 4.90 Å². The van der Waals surface area contributed by atoms with Crippen LogP contribution in [0, 0.1) is 12.8 Å². The van der Waals surface area contributed by atoms with Crippen LogP contribution in [0.15, 0.2) is 24.3 Å². The maximum atomic E-state index is 2.45. The Bertz CT molecular complexity index is 431. The van der Waals surface area contributed by atoms with Crippen LogP contribution < -0.4 is 9.80 Å². The zero-order valence-corrected chi connectivity index (χ0v) is 13.8. The molecular formula is C19H32N2+2. The van der Waals surface area contributed by atoms with Gasteiger partial charge in [0.15, 0.2) is 0 Å². The Balaban J connectivity index is 1.47. The lowest BCUT2D eigenvalue weighted by Crippen LogP contribution is -3.29. The maximum Gasteiger partial charge on any atom is 0.127 e. The minimum Gasteiger partial charge on any atom is -0.323 e. The molecule has 1 aliphatic heterocycles. The summed E-state index contributed by atoms with van der Waals surface area (Å²) in [6.45, 7) is 11.3. The predicted molar refractivity (Wildman–Crippen MR) is 87.7 cm³/mol. The summed E-state index contributed by atoms with van der Waals surface area (Å²) in [5.41, 5.74) is 2.87. The number of nitrogens with one attached hydrogen (secondary N) is 2. The standard InChI is InChI=1S/C19H30N2/c1-16-6-8-18(9-7-16)15-20-10-12-21(13-11-20)19-5-3-4-17(2)14-19/h6-9,17,19H,3-5,10-15H2,1-2H3/p+2/t17-,19+/m0/s1. The normalized spacial score (nSPS) is 33.8. The van der Waals surface area contributed by atoms with Gasteiger partial charge in [0, 0.05) is 12.0 Å². The van der Waals surface area contributed by atoms with Crippen LogP contribution in [-0.2, 0) is 6.54 Å². The smallest absolute Gasteiger partial charge is 0.127 e. The van der Waals surface area contributed by atoms with Gasteiger partial charge in [0.25, 0.3) is 0 Å². The first kappa shape index (κ1) is 15.1. The molecular weight excluding hydrogens is 256 g/mol. The fourth-order valence-corrected chi connectivity index (χ4v) is 4.31. The first-order valence-corrected chi connectivity index (χ1v) is 8.94. The molecule has 2 atom stereocenters. The molecule has 21 heavy (non-hydrogen) atoms. The Kier molecular flexibility index (Phi) is 4.97. The fourth-order valence-electron chi connectivity index (χ4n) is 4.31. The third-order valence-corrected chi connectivity index (χ3v) is 5.69. The van der Waals surface area contributed by atoms with E-state index in [9.17, 15) is 0 Å². The molecule has 0 amide bonds. The number of rotatable bonds is 3. The summed E-state index contributed by atoms with van der Waals surface area (Å²) in [6, 6.07) is 10.1. The Morgan fingerprint density at radius 1 is 1.00 bits per heavy atom. The van der Waals surface area contributed by atoms with Crippen molar-refractivity contribution < 1.29 is 9.80 Å². The highest BCUT2D eigenvalue weighted by molar-refractivity contribution is 5.20. The molecule has 3 rings (SSSR count). The third-order valence-electron chi connectivity index (χ3n) is 5.69. The van der Waals surface area contributed by atoms with Gasteiger partial charge in [-0.15, -0.1) is 0 Å². The topological polar surface area (TPSA) is 8.88 Å². The zero-order chi connectivity index (χ0) is 14.7. The van der Waals surface area contributed by atoms with Gasteiger partial charge in [0.1, 0.15) is 32.7 Å². The van der Waals surface area contributed by atoms with E-state index < -0.39 is 0 Å². The lowest BCUT2D eigenvalue weighted by molar-refractivity contribution is -1.03. The van der Waals surface area contributed by atoms with Crippen molar-refractivity contribution in [3.05, 3.63) is 35.4 Å². The fraction of sp³-hybridized carbons (Fsp3) is 0.684. The molecule has 2 fully saturated rings. The summed E-state index contributed by atoms with van der Waals surface area (Å²) < 4.78 is 0. The number of quaternary nitrogens is 2.